The van der Waals surface area contributed by atoms with Gasteiger partial charge in [-0.15, -0.1) is 0 Å². The number of ether oxygens (including phenoxy) is 2. The fraction of sp³-hybridized carbons (Fsp3) is 0.667. The number of nitrogens with zero attached hydrogens (tertiary/aromatic N) is 2. The summed E-state index contributed by atoms with van der Waals surface area (Å²) in [6, 6.07) is 1.74. The van der Waals surface area contributed by atoms with E-state index in [9.17, 15) is 0 Å². The van der Waals surface area contributed by atoms with Crippen LogP contribution in [0.2, 0.25) is 0 Å². The van der Waals surface area contributed by atoms with Crippen molar-refractivity contribution in [3.05, 3.63) is 11.9 Å². The number of anilines is 2. The molecule has 2 atom stereocenters. The Kier molecular flexibility index (Phi) is 4.33. The molecule has 1 aromatic rings. The molecule has 0 aliphatic carbocycles. The lowest BCUT2D eigenvalue weighted by Gasteiger charge is -2.15. The molecule has 1 aromatic heterocycles. The molecule has 18 heavy (non-hydrogen) atoms. The molecule has 1 saturated heterocycles. The maximum Gasteiger partial charge on any atom is 0.158 e. The lowest BCUT2D eigenvalue weighted by molar-refractivity contribution is 0.108. The first-order chi connectivity index (χ1) is 8.69. The Labute approximate surface area is 107 Å². The van der Waals surface area contributed by atoms with Crippen molar-refractivity contribution in [2.75, 3.05) is 31.3 Å². The third-order valence-electron chi connectivity index (χ3n) is 3.14. The number of nitrogens with two attached hydrogens (primary N) is 1. The smallest absolute Gasteiger partial charge is 0.158 e. The summed E-state index contributed by atoms with van der Waals surface area (Å²) in [6.45, 7) is 4.14. The summed E-state index contributed by atoms with van der Waals surface area (Å²) < 4.78 is 10.5. The second-order valence-corrected chi connectivity index (χ2v) is 4.53. The maximum atomic E-state index is 5.73. The highest BCUT2D eigenvalue weighted by atomic mass is 16.5. The zero-order valence-corrected chi connectivity index (χ0v) is 10.8. The van der Waals surface area contributed by atoms with Crippen LogP contribution in [0.5, 0.6) is 0 Å². The fourth-order valence-electron chi connectivity index (χ4n) is 2.08. The van der Waals surface area contributed by atoms with Crippen LogP contribution in [0.1, 0.15) is 19.2 Å². The summed E-state index contributed by atoms with van der Waals surface area (Å²) in [5.41, 5.74) is 5.73. The molecule has 2 rings (SSSR count). The zero-order valence-electron chi connectivity index (χ0n) is 10.8. The minimum Gasteiger partial charge on any atom is -0.384 e. The number of methoxy groups -OCH3 is 1. The Morgan fingerprint density at radius 1 is 1.56 bits per heavy atom. The predicted molar refractivity (Wildman–Crippen MR) is 69.2 cm³/mol. The van der Waals surface area contributed by atoms with Gasteiger partial charge in [0.1, 0.15) is 18.2 Å². The van der Waals surface area contributed by atoms with E-state index < -0.39 is 0 Å². The van der Waals surface area contributed by atoms with Crippen LogP contribution in [0.15, 0.2) is 6.07 Å². The van der Waals surface area contributed by atoms with Crippen molar-refractivity contribution in [3.63, 3.8) is 0 Å². The number of hydrogen-bond donors (Lipinski definition) is 2. The van der Waals surface area contributed by atoms with Crippen molar-refractivity contribution < 1.29 is 9.47 Å². The molecule has 0 saturated carbocycles. The van der Waals surface area contributed by atoms with Gasteiger partial charge in [0.2, 0.25) is 0 Å². The van der Waals surface area contributed by atoms with E-state index in [4.69, 9.17) is 15.2 Å². The molecule has 6 nitrogen and oxygen atoms in total. The van der Waals surface area contributed by atoms with Gasteiger partial charge in [0.05, 0.1) is 6.10 Å². The standard InChI is InChI=1S/C12H20N4O2/c1-8-9(3-4-18-8)6-14-11-5-10(13)15-12(16-11)7-17-2/h5,8-9H,3-4,6-7H2,1-2H3,(H3,13,14,15,16). The summed E-state index contributed by atoms with van der Waals surface area (Å²) in [4.78, 5) is 8.44. The van der Waals surface area contributed by atoms with E-state index in [1.165, 1.54) is 0 Å². The Balaban J connectivity index is 1.95. The first-order valence-corrected chi connectivity index (χ1v) is 6.17. The maximum absolute atomic E-state index is 5.73. The van der Waals surface area contributed by atoms with Gasteiger partial charge < -0.3 is 20.5 Å². The average Bonchev–Trinajstić information content (AvgIpc) is 2.72. The van der Waals surface area contributed by atoms with Crippen LogP contribution in [0, 0.1) is 5.92 Å². The lowest BCUT2D eigenvalue weighted by Crippen LogP contribution is -2.21. The van der Waals surface area contributed by atoms with Gasteiger partial charge in [-0.3, -0.25) is 0 Å². The summed E-state index contributed by atoms with van der Waals surface area (Å²) in [7, 11) is 1.61. The van der Waals surface area contributed by atoms with Gasteiger partial charge in [0.25, 0.3) is 0 Å². The first-order valence-electron chi connectivity index (χ1n) is 6.17. The number of nitrogen functional groups attached to an aromatic ring is 1. The monoisotopic (exact) mass is 252 g/mol. The van der Waals surface area contributed by atoms with Gasteiger partial charge in [-0.1, -0.05) is 0 Å². The van der Waals surface area contributed by atoms with Gasteiger partial charge in [-0.05, 0) is 13.3 Å². The van der Waals surface area contributed by atoms with Crippen LogP contribution in [-0.4, -0.2) is 36.3 Å². The molecule has 1 fully saturated rings. The summed E-state index contributed by atoms with van der Waals surface area (Å²) >= 11 is 0. The molecule has 0 radical (unpaired) electrons. The van der Waals surface area contributed by atoms with E-state index in [1.807, 2.05) is 0 Å². The molecule has 2 unspecified atom stereocenters. The van der Waals surface area contributed by atoms with Crippen LogP contribution in [0.25, 0.3) is 0 Å². The van der Waals surface area contributed by atoms with Crippen LogP contribution in [0.3, 0.4) is 0 Å². The van der Waals surface area contributed by atoms with Gasteiger partial charge >= 0.3 is 0 Å². The fourth-order valence-corrected chi connectivity index (χ4v) is 2.08. The molecule has 0 amide bonds. The normalized spacial score (nSPS) is 23.2. The molecule has 0 aromatic carbocycles. The molecule has 1 aliphatic rings. The van der Waals surface area contributed by atoms with E-state index in [1.54, 1.807) is 13.2 Å². The Bertz CT molecular complexity index is 400. The van der Waals surface area contributed by atoms with Crippen LogP contribution in [-0.2, 0) is 16.1 Å². The van der Waals surface area contributed by atoms with Crippen molar-refractivity contribution in [2.45, 2.75) is 26.1 Å². The summed E-state index contributed by atoms with van der Waals surface area (Å²) in [5.74, 6) is 2.31. The minimum atomic E-state index is 0.301. The second-order valence-electron chi connectivity index (χ2n) is 4.53. The van der Waals surface area contributed by atoms with E-state index in [2.05, 4.69) is 22.2 Å². The molecule has 0 spiro atoms. The number of nitrogens with one attached hydrogen (secondary N) is 1. The van der Waals surface area contributed by atoms with Crippen LogP contribution >= 0.6 is 0 Å². The molecule has 0 bridgehead atoms. The van der Waals surface area contributed by atoms with E-state index in [0.717, 1.165) is 25.4 Å². The number of aromatic nitrogens is 2. The summed E-state index contributed by atoms with van der Waals surface area (Å²) in [6.07, 6.45) is 1.38. The highest BCUT2D eigenvalue weighted by Gasteiger charge is 2.23. The van der Waals surface area contributed by atoms with Gasteiger partial charge in [0.15, 0.2) is 5.82 Å². The first kappa shape index (κ1) is 13.0. The average molecular weight is 252 g/mol. The van der Waals surface area contributed by atoms with E-state index in [-0.39, 0.29) is 0 Å². The second kappa shape index (κ2) is 5.97. The topological polar surface area (TPSA) is 82.3 Å². The molecule has 2 heterocycles. The van der Waals surface area contributed by atoms with E-state index in [0.29, 0.717) is 30.3 Å². The molecule has 3 N–H and O–H groups in total. The molecular weight excluding hydrogens is 232 g/mol. The van der Waals surface area contributed by atoms with Gasteiger partial charge in [-0.25, -0.2) is 9.97 Å². The van der Waals surface area contributed by atoms with Crippen molar-refractivity contribution in [1.29, 1.82) is 0 Å². The minimum absolute atomic E-state index is 0.301. The third kappa shape index (κ3) is 3.30. The largest absolute Gasteiger partial charge is 0.384 e. The molecule has 100 valence electrons. The van der Waals surface area contributed by atoms with Gasteiger partial charge in [-0.2, -0.15) is 0 Å². The summed E-state index contributed by atoms with van der Waals surface area (Å²) in [5, 5.41) is 3.29. The lowest BCUT2D eigenvalue weighted by atomic mass is 10.0. The number of hydrogen-bond acceptors (Lipinski definition) is 6. The highest BCUT2D eigenvalue weighted by Crippen LogP contribution is 2.21. The van der Waals surface area contributed by atoms with Crippen molar-refractivity contribution in [2.24, 2.45) is 5.92 Å². The van der Waals surface area contributed by atoms with Crippen LogP contribution in [0.4, 0.5) is 11.6 Å². The van der Waals surface area contributed by atoms with Crippen molar-refractivity contribution in [3.8, 4) is 0 Å². The SMILES string of the molecule is COCc1nc(N)cc(NCC2CCOC2C)n1. The van der Waals surface area contributed by atoms with Crippen LogP contribution < -0.4 is 11.1 Å². The molecule has 1 aliphatic heterocycles. The highest BCUT2D eigenvalue weighted by molar-refractivity contribution is 5.44. The Hall–Kier alpha value is -1.40. The van der Waals surface area contributed by atoms with Crippen molar-refractivity contribution in [1.82, 2.24) is 9.97 Å². The molecule has 6 heteroatoms. The molecular formula is C12H20N4O2. The number of rotatable bonds is 5. The third-order valence-corrected chi connectivity index (χ3v) is 3.14. The Morgan fingerprint density at radius 2 is 2.39 bits per heavy atom. The zero-order chi connectivity index (χ0) is 13.0. The predicted octanol–water partition coefficient (Wildman–Crippen LogP) is 1.04. The quantitative estimate of drug-likeness (QED) is 0.815. The van der Waals surface area contributed by atoms with E-state index >= 15 is 0 Å². The van der Waals surface area contributed by atoms with Crippen molar-refractivity contribution >= 4 is 11.6 Å². The Morgan fingerprint density at radius 3 is 3.06 bits per heavy atom. The van der Waals surface area contributed by atoms with Gasteiger partial charge in [0, 0.05) is 32.2 Å².